The number of nitrogen functional groups attached to an aromatic ring is 1. The monoisotopic (exact) mass is 537 g/mol. The van der Waals surface area contributed by atoms with E-state index >= 15 is 0 Å². The van der Waals surface area contributed by atoms with Crippen molar-refractivity contribution >= 4 is 34.5 Å². The molecule has 4 N–H and O–H groups in total. The maximum atomic E-state index is 14.4. The second kappa shape index (κ2) is 9.53. The van der Waals surface area contributed by atoms with E-state index in [1.807, 2.05) is 18.2 Å². The third-order valence-corrected chi connectivity index (χ3v) is 7.28. The minimum absolute atomic E-state index is 0.0176. The standard InChI is InChI=1S/C29H24FN7O3/c1-29(18-11-8-16(9-12-18)10-13-21(38)39)22-24(31)33-26(34-25(22)35-28(29)40)23-19-6-4-14-32-27(19)37(36-23)15-17-5-2-3-7-20(17)30/h2-9,11-12,14H,10,13,15H2,1H3,(H,38,39)(H3,31,33,34,35,40). The van der Waals surface area contributed by atoms with Crippen molar-refractivity contribution in [1.29, 1.82) is 0 Å². The number of rotatable bonds is 7. The first-order chi connectivity index (χ1) is 19.3. The van der Waals surface area contributed by atoms with Gasteiger partial charge in [0.25, 0.3) is 0 Å². The van der Waals surface area contributed by atoms with E-state index in [1.165, 1.54) is 6.07 Å². The van der Waals surface area contributed by atoms with Gasteiger partial charge in [-0.05, 0) is 42.7 Å². The summed E-state index contributed by atoms with van der Waals surface area (Å²) >= 11 is 0. The quantitative estimate of drug-likeness (QED) is 0.283. The molecule has 1 aliphatic rings. The van der Waals surface area contributed by atoms with Crippen molar-refractivity contribution in [3.63, 3.8) is 0 Å². The van der Waals surface area contributed by atoms with Crippen LogP contribution >= 0.6 is 0 Å². The predicted octanol–water partition coefficient (Wildman–Crippen LogP) is 3.93. The van der Waals surface area contributed by atoms with E-state index in [9.17, 15) is 14.0 Å². The molecule has 1 atom stereocenters. The molecule has 6 rings (SSSR count). The van der Waals surface area contributed by atoms with E-state index in [0.717, 1.165) is 5.56 Å². The first kappa shape index (κ1) is 25.1. The molecule has 1 aliphatic heterocycles. The van der Waals surface area contributed by atoms with Gasteiger partial charge in [0.2, 0.25) is 5.91 Å². The maximum Gasteiger partial charge on any atom is 0.303 e. The molecular weight excluding hydrogens is 513 g/mol. The zero-order valence-corrected chi connectivity index (χ0v) is 21.4. The van der Waals surface area contributed by atoms with Crippen molar-refractivity contribution in [2.45, 2.75) is 31.7 Å². The molecule has 0 aliphatic carbocycles. The third-order valence-electron chi connectivity index (χ3n) is 7.28. The number of nitrogens with zero attached hydrogens (tertiary/aromatic N) is 5. The summed E-state index contributed by atoms with van der Waals surface area (Å²) < 4.78 is 16.0. The lowest BCUT2D eigenvalue weighted by atomic mass is 9.77. The third kappa shape index (κ3) is 4.12. The smallest absolute Gasteiger partial charge is 0.303 e. The number of aryl methyl sites for hydroxylation is 1. The highest BCUT2D eigenvalue weighted by atomic mass is 19.1. The van der Waals surface area contributed by atoms with Gasteiger partial charge in [-0.15, -0.1) is 0 Å². The summed E-state index contributed by atoms with van der Waals surface area (Å²) in [5, 5.41) is 17.1. The second-order valence-corrected chi connectivity index (χ2v) is 9.80. The first-order valence-corrected chi connectivity index (χ1v) is 12.6. The molecule has 2 aromatic carbocycles. The average molecular weight is 538 g/mol. The van der Waals surface area contributed by atoms with Gasteiger partial charge in [0.1, 0.15) is 28.6 Å². The van der Waals surface area contributed by atoms with Gasteiger partial charge in [0.15, 0.2) is 11.5 Å². The predicted molar refractivity (Wildman–Crippen MR) is 146 cm³/mol. The molecule has 11 heteroatoms. The summed E-state index contributed by atoms with van der Waals surface area (Å²) in [5.74, 6) is -0.923. The van der Waals surface area contributed by atoms with E-state index in [1.54, 1.807) is 54.2 Å². The molecule has 0 saturated heterocycles. The number of aliphatic carboxylic acids is 1. The van der Waals surface area contributed by atoms with Crippen LogP contribution in [0.1, 0.15) is 35.6 Å². The van der Waals surface area contributed by atoms with Crippen LogP contribution in [0.5, 0.6) is 0 Å². The summed E-state index contributed by atoms with van der Waals surface area (Å²) in [6, 6.07) is 17.2. The zero-order chi connectivity index (χ0) is 28.0. The van der Waals surface area contributed by atoms with Crippen LogP contribution in [0.25, 0.3) is 22.6 Å². The maximum absolute atomic E-state index is 14.4. The highest BCUT2D eigenvalue weighted by Crippen LogP contribution is 2.45. The molecule has 40 heavy (non-hydrogen) atoms. The largest absolute Gasteiger partial charge is 0.481 e. The Morgan fingerprint density at radius 1 is 1.10 bits per heavy atom. The normalized spacial score (nSPS) is 16.2. The number of pyridine rings is 1. The topological polar surface area (TPSA) is 149 Å². The van der Waals surface area contributed by atoms with Crippen LogP contribution in [0.4, 0.5) is 16.0 Å². The van der Waals surface area contributed by atoms with E-state index in [0.29, 0.717) is 39.8 Å². The van der Waals surface area contributed by atoms with Gasteiger partial charge < -0.3 is 16.2 Å². The summed E-state index contributed by atoms with van der Waals surface area (Å²) in [7, 11) is 0. The van der Waals surface area contributed by atoms with E-state index in [2.05, 4.69) is 25.4 Å². The van der Waals surface area contributed by atoms with Crippen LogP contribution in [0.3, 0.4) is 0 Å². The molecule has 3 aromatic heterocycles. The number of benzene rings is 2. The van der Waals surface area contributed by atoms with Gasteiger partial charge in [-0.2, -0.15) is 5.10 Å². The molecule has 10 nitrogen and oxygen atoms in total. The Morgan fingerprint density at radius 3 is 2.62 bits per heavy atom. The molecule has 0 radical (unpaired) electrons. The number of hydrogen-bond acceptors (Lipinski definition) is 7. The first-order valence-electron chi connectivity index (χ1n) is 12.6. The molecule has 0 fully saturated rings. The number of carbonyl (C=O) groups excluding carboxylic acids is 1. The van der Waals surface area contributed by atoms with Crippen LogP contribution in [0.15, 0.2) is 66.9 Å². The molecular formula is C29H24FN7O3. The van der Waals surface area contributed by atoms with Crippen LogP contribution in [0, 0.1) is 5.82 Å². The number of amides is 1. The number of carboxylic acids is 1. The summed E-state index contributed by atoms with van der Waals surface area (Å²) in [6.07, 6.45) is 2.03. The molecule has 0 bridgehead atoms. The van der Waals surface area contributed by atoms with Crippen molar-refractivity contribution in [2.75, 3.05) is 11.1 Å². The number of fused-ring (bicyclic) bond motifs is 2. The summed E-state index contributed by atoms with van der Waals surface area (Å²) in [4.78, 5) is 37.9. The highest BCUT2D eigenvalue weighted by molar-refractivity contribution is 6.09. The van der Waals surface area contributed by atoms with Gasteiger partial charge >= 0.3 is 5.97 Å². The fraction of sp³-hybridized carbons (Fsp3) is 0.172. The minimum Gasteiger partial charge on any atom is -0.481 e. The second-order valence-electron chi connectivity index (χ2n) is 9.80. The van der Waals surface area contributed by atoms with Crippen molar-refractivity contribution < 1.29 is 19.1 Å². The Labute approximate surface area is 227 Å². The van der Waals surface area contributed by atoms with Crippen LogP contribution in [-0.4, -0.2) is 41.7 Å². The number of nitrogens with one attached hydrogen (secondary N) is 1. The lowest BCUT2D eigenvalue weighted by Gasteiger charge is -2.23. The number of hydrogen-bond donors (Lipinski definition) is 3. The van der Waals surface area contributed by atoms with Gasteiger partial charge in [-0.1, -0.05) is 42.5 Å². The Morgan fingerprint density at radius 2 is 1.88 bits per heavy atom. The molecule has 1 unspecified atom stereocenters. The molecule has 200 valence electrons. The Bertz CT molecular complexity index is 1800. The van der Waals surface area contributed by atoms with Gasteiger partial charge in [0, 0.05) is 18.2 Å². The summed E-state index contributed by atoms with van der Waals surface area (Å²) in [5.41, 5.74) is 8.68. The molecule has 0 spiro atoms. The number of anilines is 2. The average Bonchev–Trinajstić information content (AvgIpc) is 3.44. The lowest BCUT2D eigenvalue weighted by Crippen LogP contribution is -2.33. The number of nitrogens with two attached hydrogens (primary N) is 1. The van der Waals surface area contributed by atoms with E-state index in [4.69, 9.17) is 10.8 Å². The molecule has 4 heterocycles. The fourth-order valence-electron chi connectivity index (χ4n) is 5.12. The van der Waals surface area contributed by atoms with Gasteiger partial charge in [-0.3, -0.25) is 9.59 Å². The molecule has 0 saturated carbocycles. The Balaban J connectivity index is 1.40. The van der Waals surface area contributed by atoms with Crippen molar-refractivity contribution in [3.8, 4) is 11.5 Å². The van der Waals surface area contributed by atoms with Crippen molar-refractivity contribution in [3.05, 3.63) is 94.9 Å². The number of aromatic nitrogens is 5. The van der Waals surface area contributed by atoms with Crippen LogP contribution in [0.2, 0.25) is 0 Å². The minimum atomic E-state index is -1.16. The Kier molecular flexibility index (Phi) is 5.98. The number of halogens is 1. The molecule has 1 amide bonds. The lowest BCUT2D eigenvalue weighted by molar-refractivity contribution is -0.137. The van der Waals surface area contributed by atoms with Gasteiger partial charge in [-0.25, -0.2) is 24.0 Å². The fourth-order valence-corrected chi connectivity index (χ4v) is 5.12. The zero-order valence-electron chi connectivity index (χ0n) is 21.4. The highest BCUT2D eigenvalue weighted by Gasteiger charge is 2.47. The van der Waals surface area contributed by atoms with Crippen LogP contribution < -0.4 is 11.1 Å². The van der Waals surface area contributed by atoms with Crippen molar-refractivity contribution in [2.24, 2.45) is 0 Å². The SMILES string of the molecule is CC1(c2ccc(CCC(=O)O)cc2)C(=O)Nc2nc(-c3nn(Cc4ccccc4F)c4ncccc34)nc(N)c21. The molecule has 5 aromatic rings. The number of carboxylic acid groups (broad SMARTS) is 1. The summed E-state index contributed by atoms with van der Waals surface area (Å²) in [6.45, 7) is 1.90. The van der Waals surface area contributed by atoms with E-state index < -0.39 is 11.4 Å². The van der Waals surface area contributed by atoms with Crippen LogP contribution in [-0.2, 0) is 28.0 Å². The van der Waals surface area contributed by atoms with E-state index in [-0.39, 0.29) is 42.2 Å². The number of carbonyl (C=O) groups is 2. The Hall–Kier alpha value is -5.19. The van der Waals surface area contributed by atoms with Crippen molar-refractivity contribution in [1.82, 2.24) is 24.7 Å². The van der Waals surface area contributed by atoms with Gasteiger partial charge in [0.05, 0.1) is 17.5 Å².